The predicted molar refractivity (Wildman–Crippen MR) is 79.0 cm³/mol. The molecule has 1 rings (SSSR count). The first-order valence-corrected chi connectivity index (χ1v) is 6.84. The number of nitrogens with one attached hydrogen (secondary N) is 1. The van der Waals surface area contributed by atoms with Gasteiger partial charge in [0, 0.05) is 6.07 Å². The maximum absolute atomic E-state index is 11.8. The lowest BCUT2D eigenvalue weighted by atomic mass is 9.90. The number of hydrogen-bond donors (Lipinski definition) is 1. The lowest BCUT2D eigenvalue weighted by molar-refractivity contribution is -0.124. The second-order valence-corrected chi connectivity index (χ2v) is 5.70. The highest BCUT2D eigenvalue weighted by Gasteiger charge is 2.29. The molecule has 0 radical (unpaired) electrons. The van der Waals surface area contributed by atoms with Gasteiger partial charge in [-0.1, -0.05) is 37.0 Å². The molecule has 1 aromatic rings. The summed E-state index contributed by atoms with van der Waals surface area (Å²) in [6.45, 7) is 5.21. The summed E-state index contributed by atoms with van der Waals surface area (Å²) in [7, 11) is 0. The lowest BCUT2D eigenvalue weighted by Gasteiger charge is -2.27. The van der Waals surface area contributed by atoms with Crippen molar-refractivity contribution in [3.63, 3.8) is 0 Å². The van der Waals surface area contributed by atoms with Crippen molar-refractivity contribution >= 4 is 29.1 Å². The average molecular weight is 315 g/mol. The van der Waals surface area contributed by atoms with Crippen LogP contribution in [0, 0.1) is 17.2 Å². The van der Waals surface area contributed by atoms with Gasteiger partial charge in [0.2, 0.25) is 0 Å². The third-order valence-corrected chi connectivity index (χ3v) is 3.79. The van der Waals surface area contributed by atoms with E-state index in [4.69, 9.17) is 33.2 Å². The van der Waals surface area contributed by atoms with Gasteiger partial charge >= 0.3 is 0 Å². The van der Waals surface area contributed by atoms with Gasteiger partial charge < -0.3 is 10.1 Å². The number of hydrogen-bond acceptors (Lipinski definition) is 3. The van der Waals surface area contributed by atoms with E-state index in [1.165, 1.54) is 6.07 Å². The van der Waals surface area contributed by atoms with Gasteiger partial charge in [0.25, 0.3) is 5.91 Å². The van der Waals surface area contributed by atoms with Crippen LogP contribution >= 0.6 is 23.2 Å². The van der Waals surface area contributed by atoms with E-state index in [0.29, 0.717) is 15.8 Å². The fraction of sp³-hybridized carbons (Fsp3) is 0.429. The van der Waals surface area contributed by atoms with Crippen molar-refractivity contribution in [1.29, 1.82) is 5.26 Å². The lowest BCUT2D eigenvalue weighted by Crippen LogP contribution is -2.50. The molecule has 1 N–H and O–H groups in total. The summed E-state index contributed by atoms with van der Waals surface area (Å²) in [6, 6.07) is 6.83. The largest absolute Gasteiger partial charge is 0.484 e. The monoisotopic (exact) mass is 314 g/mol. The van der Waals surface area contributed by atoms with E-state index < -0.39 is 5.54 Å². The van der Waals surface area contributed by atoms with Gasteiger partial charge in [0.15, 0.2) is 6.61 Å². The molecule has 0 aliphatic heterocycles. The topological polar surface area (TPSA) is 62.1 Å². The Morgan fingerprint density at radius 3 is 2.60 bits per heavy atom. The van der Waals surface area contributed by atoms with E-state index in [-0.39, 0.29) is 18.4 Å². The maximum Gasteiger partial charge on any atom is 0.259 e. The molecule has 1 aromatic carbocycles. The summed E-state index contributed by atoms with van der Waals surface area (Å²) >= 11 is 11.6. The Morgan fingerprint density at radius 2 is 2.10 bits per heavy atom. The van der Waals surface area contributed by atoms with Crippen LogP contribution in [0.15, 0.2) is 18.2 Å². The van der Waals surface area contributed by atoms with Gasteiger partial charge in [0.1, 0.15) is 11.3 Å². The molecule has 108 valence electrons. The van der Waals surface area contributed by atoms with Gasteiger partial charge in [-0.25, -0.2) is 0 Å². The zero-order chi connectivity index (χ0) is 15.3. The van der Waals surface area contributed by atoms with Gasteiger partial charge in [0.05, 0.1) is 16.1 Å². The molecule has 0 fully saturated rings. The van der Waals surface area contributed by atoms with Crippen molar-refractivity contribution in [1.82, 2.24) is 5.32 Å². The highest BCUT2D eigenvalue weighted by Crippen LogP contribution is 2.26. The summed E-state index contributed by atoms with van der Waals surface area (Å²) in [6.07, 6.45) is 0. The molecular weight excluding hydrogens is 299 g/mol. The molecule has 0 heterocycles. The van der Waals surface area contributed by atoms with E-state index >= 15 is 0 Å². The van der Waals surface area contributed by atoms with Crippen LogP contribution in [-0.4, -0.2) is 18.1 Å². The van der Waals surface area contributed by atoms with E-state index in [1.807, 2.05) is 13.8 Å². The van der Waals surface area contributed by atoms with Crippen LogP contribution in [0.1, 0.15) is 20.8 Å². The number of nitrogens with zero attached hydrogens (tertiary/aromatic N) is 1. The highest BCUT2D eigenvalue weighted by atomic mass is 35.5. The Kier molecular flexibility index (Phi) is 5.67. The summed E-state index contributed by atoms with van der Waals surface area (Å²) < 4.78 is 5.31. The SMILES string of the molecule is CC(C)[C@@](C)(C#N)NC(=O)COc1ccc(Cl)c(Cl)c1. The van der Waals surface area contributed by atoms with Crippen molar-refractivity contribution in [2.24, 2.45) is 5.92 Å². The Balaban J connectivity index is 2.60. The summed E-state index contributed by atoms with van der Waals surface area (Å²) in [5.74, 6) is 0.0630. The van der Waals surface area contributed by atoms with Crippen LogP contribution < -0.4 is 10.1 Å². The number of amides is 1. The first kappa shape index (κ1) is 16.6. The molecule has 0 unspecified atom stereocenters. The first-order valence-electron chi connectivity index (χ1n) is 6.08. The molecular formula is C14H16Cl2N2O2. The number of carbonyl (C=O) groups excluding carboxylic acids is 1. The Labute approximate surface area is 128 Å². The van der Waals surface area contributed by atoms with Crippen molar-refractivity contribution in [2.75, 3.05) is 6.61 Å². The zero-order valence-corrected chi connectivity index (χ0v) is 13.0. The molecule has 1 amide bonds. The molecule has 0 saturated heterocycles. The molecule has 1 atom stereocenters. The summed E-state index contributed by atoms with van der Waals surface area (Å²) in [5, 5.41) is 12.5. The van der Waals surface area contributed by atoms with Crippen LogP contribution in [0.3, 0.4) is 0 Å². The standard InChI is InChI=1S/C14H16Cl2N2O2/c1-9(2)14(3,8-17)18-13(19)7-20-10-4-5-11(15)12(16)6-10/h4-6,9H,7H2,1-3H3,(H,18,19)/t14-/m1/s1. The smallest absolute Gasteiger partial charge is 0.259 e. The Morgan fingerprint density at radius 1 is 1.45 bits per heavy atom. The summed E-state index contributed by atoms with van der Waals surface area (Å²) in [5.41, 5.74) is -0.919. The molecule has 0 aliphatic rings. The predicted octanol–water partition coefficient (Wildman–Crippen LogP) is 3.43. The van der Waals surface area contributed by atoms with Crippen LogP contribution in [0.2, 0.25) is 10.0 Å². The third-order valence-electron chi connectivity index (χ3n) is 3.05. The molecule has 0 saturated carbocycles. The van der Waals surface area contributed by atoms with Crippen LogP contribution in [-0.2, 0) is 4.79 Å². The van der Waals surface area contributed by atoms with E-state index in [9.17, 15) is 4.79 Å². The molecule has 20 heavy (non-hydrogen) atoms. The van der Waals surface area contributed by atoms with Gasteiger partial charge in [-0.15, -0.1) is 0 Å². The zero-order valence-electron chi connectivity index (χ0n) is 11.5. The second-order valence-electron chi connectivity index (χ2n) is 4.88. The number of halogens is 2. The first-order chi connectivity index (χ1) is 9.28. The van der Waals surface area contributed by atoms with Crippen LogP contribution in [0.4, 0.5) is 0 Å². The molecule has 6 heteroatoms. The third kappa shape index (κ3) is 4.29. The molecule has 0 bridgehead atoms. The molecule has 0 aromatic heterocycles. The van der Waals surface area contributed by atoms with E-state index in [1.54, 1.807) is 19.1 Å². The normalized spacial score (nSPS) is 13.4. The fourth-order valence-electron chi connectivity index (χ4n) is 1.34. The quantitative estimate of drug-likeness (QED) is 0.905. The van der Waals surface area contributed by atoms with Crippen molar-refractivity contribution in [3.8, 4) is 11.8 Å². The van der Waals surface area contributed by atoms with Crippen LogP contribution in [0.25, 0.3) is 0 Å². The Hall–Kier alpha value is -1.44. The molecule has 4 nitrogen and oxygen atoms in total. The number of carbonyl (C=O) groups is 1. The van der Waals surface area contributed by atoms with E-state index in [0.717, 1.165) is 0 Å². The van der Waals surface area contributed by atoms with Crippen molar-refractivity contribution < 1.29 is 9.53 Å². The number of benzene rings is 1. The van der Waals surface area contributed by atoms with Crippen LogP contribution in [0.5, 0.6) is 5.75 Å². The highest BCUT2D eigenvalue weighted by molar-refractivity contribution is 6.42. The van der Waals surface area contributed by atoms with Crippen molar-refractivity contribution in [2.45, 2.75) is 26.3 Å². The van der Waals surface area contributed by atoms with Gasteiger partial charge in [-0.05, 0) is 25.0 Å². The number of rotatable bonds is 5. The average Bonchev–Trinajstić information content (AvgIpc) is 2.39. The minimum atomic E-state index is -0.919. The minimum absolute atomic E-state index is 0.0126. The fourth-order valence-corrected chi connectivity index (χ4v) is 1.63. The maximum atomic E-state index is 11.8. The molecule has 0 aliphatic carbocycles. The minimum Gasteiger partial charge on any atom is -0.484 e. The van der Waals surface area contributed by atoms with E-state index in [2.05, 4.69) is 11.4 Å². The summed E-state index contributed by atoms with van der Waals surface area (Å²) in [4.78, 5) is 11.8. The van der Waals surface area contributed by atoms with Gasteiger partial charge in [-0.2, -0.15) is 5.26 Å². The second kappa shape index (κ2) is 6.83. The molecule has 0 spiro atoms. The number of ether oxygens (including phenoxy) is 1. The number of nitriles is 1. The van der Waals surface area contributed by atoms with Crippen molar-refractivity contribution in [3.05, 3.63) is 28.2 Å². The van der Waals surface area contributed by atoms with Gasteiger partial charge in [-0.3, -0.25) is 4.79 Å². The Bertz CT molecular complexity index is 540.